The van der Waals surface area contributed by atoms with Gasteiger partial charge in [-0.15, -0.1) is 0 Å². The first-order valence-electron chi connectivity index (χ1n) is 7.74. The van der Waals surface area contributed by atoms with Crippen molar-refractivity contribution >= 4 is 33.6 Å². The van der Waals surface area contributed by atoms with Crippen molar-refractivity contribution in [2.24, 2.45) is 0 Å². The maximum atomic E-state index is 12.3. The minimum Gasteiger partial charge on any atom is -0.484 e. The molecule has 142 valence electrons. The van der Waals surface area contributed by atoms with Crippen LogP contribution in [-0.4, -0.2) is 72.0 Å². The smallest absolute Gasteiger partial charge is 0.331 e. The lowest BCUT2D eigenvalue weighted by molar-refractivity contribution is -0.160. The molecule has 0 saturated carbocycles. The molecule has 3 atom stereocenters. The second-order valence-electron chi connectivity index (χ2n) is 5.96. The first-order valence-corrected chi connectivity index (χ1v) is 9.45. The molecular formula is C16H14N2O8S. The van der Waals surface area contributed by atoms with Crippen molar-refractivity contribution in [1.82, 2.24) is 10.2 Å². The summed E-state index contributed by atoms with van der Waals surface area (Å²) in [4.78, 5) is 47.1. The molecule has 11 heteroatoms. The highest BCUT2D eigenvalue weighted by Crippen LogP contribution is 2.35. The van der Waals surface area contributed by atoms with E-state index in [0.29, 0.717) is 10.6 Å². The summed E-state index contributed by atoms with van der Waals surface area (Å²) < 4.78 is 29.9. The molecule has 2 aliphatic rings. The van der Waals surface area contributed by atoms with Gasteiger partial charge in [0.25, 0.3) is 11.8 Å². The van der Waals surface area contributed by atoms with Crippen LogP contribution in [0.2, 0.25) is 0 Å². The number of amides is 2. The molecule has 2 N–H and O–H groups in total. The Morgan fingerprint density at radius 2 is 1.96 bits per heavy atom. The Morgan fingerprint density at radius 1 is 1.30 bits per heavy atom. The molecule has 2 unspecified atom stereocenters. The largest absolute Gasteiger partial charge is 0.484 e. The monoisotopic (exact) mass is 394 g/mol. The SMILES string of the molecule is O=C=C1CS(=O)(=O)[C@H]2C(NC(=O)COc3ccccc3)C(=O)N2C1C(=O)O. The summed E-state index contributed by atoms with van der Waals surface area (Å²) in [6, 6.07) is 5.22. The van der Waals surface area contributed by atoms with E-state index >= 15 is 0 Å². The van der Waals surface area contributed by atoms with Crippen LogP contribution in [0.15, 0.2) is 35.9 Å². The molecule has 0 aromatic heterocycles. The fraction of sp³-hybridized carbons (Fsp3) is 0.312. The summed E-state index contributed by atoms with van der Waals surface area (Å²) >= 11 is 0. The van der Waals surface area contributed by atoms with Crippen LogP contribution in [-0.2, 0) is 29.0 Å². The number of nitrogens with zero attached hydrogens (tertiary/aromatic N) is 1. The number of benzene rings is 1. The Kier molecular flexibility index (Phi) is 4.73. The number of carbonyl (C=O) groups is 3. The summed E-state index contributed by atoms with van der Waals surface area (Å²) in [5.74, 6) is -2.32. The summed E-state index contributed by atoms with van der Waals surface area (Å²) in [5, 5.41) is 9.93. The van der Waals surface area contributed by atoms with Gasteiger partial charge >= 0.3 is 5.97 Å². The third kappa shape index (κ3) is 3.29. The highest BCUT2D eigenvalue weighted by atomic mass is 32.2. The zero-order valence-corrected chi connectivity index (χ0v) is 14.5. The summed E-state index contributed by atoms with van der Waals surface area (Å²) in [7, 11) is -4.06. The predicted octanol–water partition coefficient (Wildman–Crippen LogP) is -1.64. The van der Waals surface area contributed by atoms with Gasteiger partial charge in [0, 0.05) is 0 Å². The number of carboxylic acids is 1. The number of hydrogen-bond acceptors (Lipinski definition) is 7. The molecule has 0 aliphatic carbocycles. The van der Waals surface area contributed by atoms with Crippen molar-refractivity contribution in [2.45, 2.75) is 17.5 Å². The number of ether oxygens (including phenoxy) is 1. The van der Waals surface area contributed by atoms with Crippen LogP contribution in [0.1, 0.15) is 0 Å². The van der Waals surface area contributed by atoms with E-state index in [-0.39, 0.29) is 0 Å². The van der Waals surface area contributed by atoms with Crippen LogP contribution in [0.4, 0.5) is 0 Å². The van der Waals surface area contributed by atoms with Crippen LogP contribution in [0.25, 0.3) is 0 Å². The molecule has 2 saturated heterocycles. The number of aliphatic carboxylic acids is 1. The van der Waals surface area contributed by atoms with Crippen LogP contribution in [0.3, 0.4) is 0 Å². The highest BCUT2D eigenvalue weighted by Gasteiger charge is 2.63. The van der Waals surface area contributed by atoms with Crippen molar-refractivity contribution in [3.63, 3.8) is 0 Å². The van der Waals surface area contributed by atoms with Crippen molar-refractivity contribution in [3.8, 4) is 5.75 Å². The Bertz CT molecular complexity index is 952. The molecule has 0 bridgehead atoms. The second kappa shape index (κ2) is 6.86. The zero-order chi connectivity index (χ0) is 19.8. The molecule has 2 amide bonds. The van der Waals surface area contributed by atoms with E-state index in [0.717, 1.165) is 0 Å². The fourth-order valence-corrected chi connectivity index (χ4v) is 5.05. The van der Waals surface area contributed by atoms with Crippen LogP contribution in [0.5, 0.6) is 5.75 Å². The zero-order valence-electron chi connectivity index (χ0n) is 13.7. The average Bonchev–Trinajstić information content (AvgIpc) is 2.63. The third-order valence-corrected chi connectivity index (χ3v) is 6.16. The minimum atomic E-state index is -4.06. The Morgan fingerprint density at radius 3 is 2.56 bits per heavy atom. The quantitative estimate of drug-likeness (QED) is 0.446. The third-order valence-electron chi connectivity index (χ3n) is 4.21. The van der Waals surface area contributed by atoms with Crippen molar-refractivity contribution in [3.05, 3.63) is 35.9 Å². The molecule has 0 radical (unpaired) electrons. The predicted molar refractivity (Wildman–Crippen MR) is 88.9 cm³/mol. The number of rotatable bonds is 5. The van der Waals surface area contributed by atoms with E-state index in [4.69, 9.17) is 4.74 Å². The molecule has 0 spiro atoms. The van der Waals surface area contributed by atoms with E-state index in [1.807, 2.05) is 0 Å². The van der Waals surface area contributed by atoms with Crippen molar-refractivity contribution < 1.29 is 37.4 Å². The number of carbonyl (C=O) groups excluding carboxylic acids is 3. The van der Waals surface area contributed by atoms with Crippen LogP contribution in [0, 0.1) is 0 Å². The number of β-lactam (4-membered cyclic amide) rings is 1. The summed E-state index contributed by atoms with van der Waals surface area (Å²) in [5.41, 5.74) is -0.552. The maximum Gasteiger partial charge on any atom is 0.331 e. The van der Waals surface area contributed by atoms with Gasteiger partial charge in [-0.1, -0.05) is 18.2 Å². The molecule has 2 aliphatic heterocycles. The molecule has 10 nitrogen and oxygen atoms in total. The van der Waals surface area contributed by atoms with Gasteiger partial charge in [0.1, 0.15) is 17.7 Å². The number of fused-ring (bicyclic) bond motifs is 1. The standard InChI is InChI=1S/C16H14N2O8S/c19-6-9-8-27(24,25)15-12(14(21)18(15)13(9)16(22)23)17-11(20)7-26-10-4-2-1-3-5-10/h1-5,12-13,15H,7-8H2,(H,17,20)(H,22,23)/t12?,13?,15-/m0/s1. The van der Waals surface area contributed by atoms with Gasteiger partial charge in [-0.2, -0.15) is 0 Å². The van der Waals surface area contributed by atoms with Crippen molar-refractivity contribution in [2.75, 3.05) is 12.4 Å². The number of hydrogen-bond donors (Lipinski definition) is 2. The normalized spacial score (nSPS) is 25.6. The number of nitrogens with one attached hydrogen (secondary N) is 1. The number of para-hydroxylation sites is 1. The maximum absolute atomic E-state index is 12.3. The van der Waals surface area contributed by atoms with Crippen molar-refractivity contribution in [1.29, 1.82) is 0 Å². The highest BCUT2D eigenvalue weighted by molar-refractivity contribution is 7.92. The topological polar surface area (TPSA) is 147 Å². The van der Waals surface area contributed by atoms with Gasteiger partial charge in [0.15, 0.2) is 27.9 Å². The molecule has 1 aromatic carbocycles. The average molecular weight is 394 g/mol. The number of carboxylic acid groups (broad SMARTS) is 1. The van der Waals surface area contributed by atoms with E-state index < -0.39 is 63.0 Å². The van der Waals surface area contributed by atoms with E-state index in [1.54, 1.807) is 30.3 Å². The van der Waals surface area contributed by atoms with Crippen LogP contribution < -0.4 is 10.1 Å². The molecule has 2 heterocycles. The number of sulfone groups is 1. The van der Waals surface area contributed by atoms with E-state index in [2.05, 4.69) is 5.32 Å². The lowest BCUT2D eigenvalue weighted by Gasteiger charge is -2.51. The first-order chi connectivity index (χ1) is 12.8. The molecule has 27 heavy (non-hydrogen) atoms. The minimum absolute atomic E-state index is 0.409. The molecular weight excluding hydrogens is 380 g/mol. The first kappa shape index (κ1) is 18.6. The Labute approximate surface area is 153 Å². The van der Waals surface area contributed by atoms with E-state index in [1.165, 1.54) is 5.94 Å². The van der Waals surface area contributed by atoms with Gasteiger partial charge in [-0.25, -0.2) is 18.0 Å². The second-order valence-corrected chi connectivity index (χ2v) is 8.06. The fourth-order valence-electron chi connectivity index (χ4n) is 3.06. The Balaban J connectivity index is 1.73. The summed E-state index contributed by atoms with van der Waals surface area (Å²) in [6.07, 6.45) is 0. The molecule has 2 fully saturated rings. The molecule has 3 rings (SSSR count). The molecule has 1 aromatic rings. The lowest BCUT2D eigenvalue weighted by Crippen LogP contribution is -2.78. The van der Waals surface area contributed by atoms with Crippen LogP contribution >= 0.6 is 0 Å². The lowest BCUT2D eigenvalue weighted by atomic mass is 9.98. The van der Waals surface area contributed by atoms with Gasteiger partial charge in [-0.05, 0) is 12.1 Å². The van der Waals surface area contributed by atoms with Gasteiger partial charge in [0.2, 0.25) is 0 Å². The van der Waals surface area contributed by atoms with Gasteiger partial charge < -0.3 is 20.1 Å². The van der Waals surface area contributed by atoms with Gasteiger partial charge in [0.05, 0.1) is 11.3 Å². The Hall–Kier alpha value is -3.17. The van der Waals surface area contributed by atoms with Gasteiger partial charge in [-0.3, -0.25) is 9.59 Å². The summed E-state index contributed by atoms with van der Waals surface area (Å²) in [6.45, 7) is -0.456. The van der Waals surface area contributed by atoms with E-state index in [9.17, 15) is 32.7 Å².